The number of likely N-dealkylation sites (tertiary alicyclic amines) is 1. The van der Waals surface area contributed by atoms with Gasteiger partial charge in [-0.05, 0) is 0 Å². The summed E-state index contributed by atoms with van der Waals surface area (Å²) in [4.78, 5) is 24.7. The number of nitrogens with zero attached hydrogens (tertiary/aromatic N) is 1. The van der Waals surface area contributed by atoms with E-state index in [1.165, 1.54) is 24.1 Å². The zero-order valence-corrected chi connectivity index (χ0v) is 8.94. The molecule has 0 bridgehead atoms. The molecule has 84 valence electrons. The van der Waals surface area contributed by atoms with Crippen LogP contribution in [0, 0.1) is 0 Å². The van der Waals surface area contributed by atoms with Crippen LogP contribution in [0.3, 0.4) is 0 Å². The molecule has 0 spiro atoms. The van der Waals surface area contributed by atoms with Crippen LogP contribution in [0.15, 0.2) is 30.3 Å². The van der Waals surface area contributed by atoms with Gasteiger partial charge in [-0.25, -0.2) is 4.39 Å². The molecule has 1 aliphatic heterocycles. The molecule has 0 radical (unpaired) electrons. The van der Waals surface area contributed by atoms with Crippen LogP contribution in [-0.4, -0.2) is 35.9 Å². The minimum absolute atomic E-state index is 0.0595. The maximum absolute atomic E-state index is 14.3. The van der Waals surface area contributed by atoms with Gasteiger partial charge in [0.15, 0.2) is 0 Å². The molecule has 3 nitrogen and oxygen atoms in total. The Morgan fingerprint density at radius 1 is 1.38 bits per heavy atom. The van der Waals surface area contributed by atoms with E-state index in [1.54, 1.807) is 18.2 Å². The zero-order chi connectivity index (χ0) is 11.8. The molecule has 1 aromatic carbocycles. The molecule has 16 heavy (non-hydrogen) atoms. The van der Waals surface area contributed by atoms with Crippen molar-refractivity contribution in [2.75, 3.05) is 13.6 Å². The van der Waals surface area contributed by atoms with E-state index in [9.17, 15) is 14.0 Å². The van der Waals surface area contributed by atoms with Gasteiger partial charge in [-0.15, -0.1) is 0 Å². The summed E-state index contributed by atoms with van der Waals surface area (Å²) in [6.07, 6.45) is -0.0595. The first kappa shape index (κ1) is 10.8. The Morgan fingerprint density at radius 3 is 2.50 bits per heavy atom. The van der Waals surface area contributed by atoms with Crippen molar-refractivity contribution in [1.29, 1.82) is 0 Å². The Kier molecular flexibility index (Phi) is 2.50. The monoisotopic (exact) mass is 221 g/mol. The molecule has 0 saturated carbocycles. The Balaban J connectivity index is 2.33. The van der Waals surface area contributed by atoms with Crippen LogP contribution in [0.2, 0.25) is 0 Å². The summed E-state index contributed by atoms with van der Waals surface area (Å²) >= 11 is 0. The van der Waals surface area contributed by atoms with E-state index in [0.29, 0.717) is 0 Å². The molecular formula is C12H12FNO2. The molecule has 1 heterocycles. The van der Waals surface area contributed by atoms with Gasteiger partial charge in [-0.1, -0.05) is 30.3 Å². The van der Waals surface area contributed by atoms with Gasteiger partial charge in [0.05, 0.1) is 0 Å². The van der Waals surface area contributed by atoms with Crippen LogP contribution < -0.4 is 0 Å². The second-order valence-corrected chi connectivity index (χ2v) is 3.97. The topological polar surface area (TPSA) is 37.4 Å². The fourth-order valence-corrected chi connectivity index (χ4v) is 1.86. The number of benzene rings is 1. The van der Waals surface area contributed by atoms with E-state index in [0.717, 1.165) is 0 Å². The molecule has 1 fully saturated rings. The average Bonchev–Trinajstić information content (AvgIpc) is 2.59. The summed E-state index contributed by atoms with van der Waals surface area (Å²) in [7, 11) is 1.50. The second kappa shape index (κ2) is 3.70. The van der Waals surface area contributed by atoms with Crippen LogP contribution in [0.5, 0.6) is 0 Å². The van der Waals surface area contributed by atoms with Crippen molar-refractivity contribution in [3.05, 3.63) is 35.9 Å². The Labute approximate surface area is 92.9 Å². The fraction of sp³-hybridized carbons (Fsp3) is 0.333. The van der Waals surface area contributed by atoms with E-state index in [-0.39, 0.29) is 18.5 Å². The van der Waals surface area contributed by atoms with Gasteiger partial charge in [0.2, 0.25) is 5.78 Å². The molecule has 1 amide bonds. The van der Waals surface area contributed by atoms with Gasteiger partial charge in [-0.3, -0.25) is 9.59 Å². The van der Waals surface area contributed by atoms with E-state index in [1.807, 2.05) is 0 Å². The van der Waals surface area contributed by atoms with Gasteiger partial charge in [-0.2, -0.15) is 0 Å². The molecule has 0 aliphatic carbocycles. The van der Waals surface area contributed by atoms with Gasteiger partial charge in [0.25, 0.3) is 11.6 Å². The highest BCUT2D eigenvalue weighted by molar-refractivity contribution is 6.17. The second-order valence-electron chi connectivity index (χ2n) is 3.97. The van der Waals surface area contributed by atoms with Crippen molar-refractivity contribution >= 4 is 11.7 Å². The summed E-state index contributed by atoms with van der Waals surface area (Å²) < 4.78 is 14.3. The number of amides is 1. The van der Waals surface area contributed by atoms with Crippen LogP contribution in [0.1, 0.15) is 16.8 Å². The number of hydrogen-bond acceptors (Lipinski definition) is 2. The van der Waals surface area contributed by atoms with Crippen molar-refractivity contribution in [2.45, 2.75) is 12.1 Å². The standard InChI is InChI=1S/C12H12FNO2/c1-14-8-7-12(13,11(14)16)10(15)9-5-3-2-4-6-9/h2-6H,7-8H2,1H3. The fourth-order valence-electron chi connectivity index (χ4n) is 1.86. The number of rotatable bonds is 2. The zero-order valence-electron chi connectivity index (χ0n) is 8.94. The SMILES string of the molecule is CN1CCC(F)(C(=O)c2ccccc2)C1=O. The molecule has 1 saturated heterocycles. The van der Waals surface area contributed by atoms with Crippen molar-refractivity contribution in [3.8, 4) is 0 Å². The van der Waals surface area contributed by atoms with Crippen molar-refractivity contribution < 1.29 is 14.0 Å². The highest BCUT2D eigenvalue weighted by Crippen LogP contribution is 2.29. The molecule has 4 heteroatoms. The minimum atomic E-state index is -2.36. The molecular weight excluding hydrogens is 209 g/mol. The first-order chi connectivity index (χ1) is 7.55. The molecule has 1 atom stereocenters. The third kappa shape index (κ3) is 1.50. The van der Waals surface area contributed by atoms with E-state index < -0.39 is 17.4 Å². The lowest BCUT2D eigenvalue weighted by molar-refractivity contribution is -0.133. The number of Topliss-reactive ketones (excluding diaryl/α,β-unsaturated/α-hetero) is 1. The summed E-state index contributed by atoms with van der Waals surface area (Å²) in [5, 5.41) is 0. The van der Waals surface area contributed by atoms with E-state index in [2.05, 4.69) is 0 Å². The maximum atomic E-state index is 14.3. The van der Waals surface area contributed by atoms with Crippen LogP contribution in [-0.2, 0) is 4.79 Å². The molecule has 1 aromatic rings. The number of carbonyl (C=O) groups is 2. The number of hydrogen-bond donors (Lipinski definition) is 0. The van der Waals surface area contributed by atoms with Crippen molar-refractivity contribution in [3.63, 3.8) is 0 Å². The van der Waals surface area contributed by atoms with Crippen molar-refractivity contribution in [1.82, 2.24) is 4.90 Å². The van der Waals surface area contributed by atoms with Crippen LogP contribution in [0.25, 0.3) is 0 Å². The maximum Gasteiger partial charge on any atom is 0.268 e. The molecule has 0 N–H and O–H groups in total. The van der Waals surface area contributed by atoms with Crippen LogP contribution in [0.4, 0.5) is 4.39 Å². The van der Waals surface area contributed by atoms with Gasteiger partial charge in [0.1, 0.15) is 0 Å². The highest BCUT2D eigenvalue weighted by atomic mass is 19.1. The third-order valence-corrected chi connectivity index (χ3v) is 2.87. The molecule has 2 rings (SSSR count). The lowest BCUT2D eigenvalue weighted by Gasteiger charge is -2.16. The summed E-state index contributed by atoms with van der Waals surface area (Å²) in [6, 6.07) is 8.09. The highest BCUT2D eigenvalue weighted by Gasteiger charge is 2.52. The van der Waals surface area contributed by atoms with Crippen LogP contribution >= 0.6 is 0 Å². The summed E-state index contributed by atoms with van der Waals surface area (Å²) in [6.45, 7) is 0.286. The predicted molar refractivity (Wildman–Crippen MR) is 56.9 cm³/mol. The molecule has 1 unspecified atom stereocenters. The average molecular weight is 221 g/mol. The minimum Gasteiger partial charge on any atom is -0.342 e. The predicted octanol–water partition coefficient (Wildman–Crippen LogP) is 1.44. The quantitative estimate of drug-likeness (QED) is 0.559. The van der Waals surface area contributed by atoms with E-state index >= 15 is 0 Å². The normalized spacial score (nSPS) is 24.9. The summed E-state index contributed by atoms with van der Waals surface area (Å²) in [5.74, 6) is -1.47. The first-order valence-corrected chi connectivity index (χ1v) is 5.10. The van der Waals surface area contributed by atoms with Gasteiger partial charge in [0, 0.05) is 25.6 Å². The Morgan fingerprint density at radius 2 is 2.00 bits per heavy atom. The first-order valence-electron chi connectivity index (χ1n) is 5.10. The largest absolute Gasteiger partial charge is 0.342 e. The van der Waals surface area contributed by atoms with Crippen molar-refractivity contribution in [2.24, 2.45) is 0 Å². The smallest absolute Gasteiger partial charge is 0.268 e. The van der Waals surface area contributed by atoms with Gasteiger partial charge >= 0.3 is 0 Å². The molecule has 0 aromatic heterocycles. The molecule has 1 aliphatic rings. The van der Waals surface area contributed by atoms with E-state index in [4.69, 9.17) is 0 Å². The number of halogens is 1. The van der Waals surface area contributed by atoms with Gasteiger partial charge < -0.3 is 4.90 Å². The Bertz CT molecular complexity index is 432. The lowest BCUT2D eigenvalue weighted by Crippen LogP contribution is -2.42. The summed E-state index contributed by atoms with van der Waals surface area (Å²) in [5.41, 5.74) is -2.12. The number of alkyl halides is 1. The Hall–Kier alpha value is -1.71. The third-order valence-electron chi connectivity index (χ3n) is 2.87. The lowest BCUT2D eigenvalue weighted by atomic mass is 9.93. The number of ketones is 1. The number of carbonyl (C=O) groups excluding carboxylic acids is 2.